The molecule has 2 heteroatoms. The lowest BCUT2D eigenvalue weighted by atomic mass is 9.70. The van der Waals surface area contributed by atoms with Crippen LogP contribution in [0.5, 0.6) is 0 Å². The molecule has 2 fully saturated rings. The SMILES string of the molecule is CCCNCC1(CN(C)CC2CC2C)CCC(C)CC1. The molecule has 0 aliphatic heterocycles. The Balaban J connectivity index is 1.84. The number of hydrogen-bond acceptors (Lipinski definition) is 2. The van der Waals surface area contributed by atoms with Crippen LogP contribution in [0.3, 0.4) is 0 Å². The molecular formula is C18H36N2. The molecule has 0 aromatic heterocycles. The van der Waals surface area contributed by atoms with Gasteiger partial charge in [0.05, 0.1) is 0 Å². The molecule has 2 unspecified atom stereocenters. The molecule has 1 N–H and O–H groups in total. The molecule has 0 spiro atoms. The Morgan fingerprint density at radius 3 is 2.40 bits per heavy atom. The van der Waals surface area contributed by atoms with Crippen LogP contribution < -0.4 is 5.32 Å². The Morgan fingerprint density at radius 1 is 1.20 bits per heavy atom. The Kier molecular flexibility index (Phi) is 5.92. The van der Waals surface area contributed by atoms with E-state index in [1.807, 2.05) is 0 Å². The van der Waals surface area contributed by atoms with Crippen LogP contribution in [0.15, 0.2) is 0 Å². The second-order valence-corrected chi connectivity index (χ2v) is 8.03. The van der Waals surface area contributed by atoms with Crippen molar-refractivity contribution in [2.75, 3.05) is 33.2 Å². The summed E-state index contributed by atoms with van der Waals surface area (Å²) in [5.74, 6) is 2.92. The van der Waals surface area contributed by atoms with Crippen molar-refractivity contribution in [1.82, 2.24) is 10.2 Å². The molecule has 20 heavy (non-hydrogen) atoms. The minimum atomic E-state index is 0.550. The van der Waals surface area contributed by atoms with Crippen molar-refractivity contribution >= 4 is 0 Å². The third-order valence-corrected chi connectivity index (χ3v) is 5.69. The highest BCUT2D eigenvalue weighted by Gasteiger charge is 2.37. The van der Waals surface area contributed by atoms with Gasteiger partial charge in [-0.25, -0.2) is 0 Å². The molecule has 0 aromatic rings. The standard InChI is InChI=1S/C18H36N2/c1-5-10-19-13-18(8-6-15(2)7-9-18)14-20(4)12-17-11-16(17)3/h15-17,19H,5-14H2,1-4H3. The molecule has 0 aromatic carbocycles. The van der Waals surface area contributed by atoms with Gasteiger partial charge >= 0.3 is 0 Å². The van der Waals surface area contributed by atoms with Gasteiger partial charge in [0, 0.05) is 19.6 Å². The van der Waals surface area contributed by atoms with E-state index in [9.17, 15) is 0 Å². The van der Waals surface area contributed by atoms with E-state index in [4.69, 9.17) is 0 Å². The second kappa shape index (κ2) is 7.26. The summed E-state index contributed by atoms with van der Waals surface area (Å²) in [5, 5.41) is 3.72. The zero-order valence-electron chi connectivity index (χ0n) is 14.3. The highest BCUT2D eigenvalue weighted by molar-refractivity contribution is 4.91. The van der Waals surface area contributed by atoms with E-state index in [0.29, 0.717) is 5.41 Å². The number of nitrogens with zero attached hydrogens (tertiary/aromatic N) is 1. The third kappa shape index (κ3) is 4.73. The average Bonchev–Trinajstić information content (AvgIpc) is 3.09. The van der Waals surface area contributed by atoms with Gasteiger partial charge in [-0.05, 0) is 62.4 Å². The highest BCUT2D eigenvalue weighted by atomic mass is 15.1. The van der Waals surface area contributed by atoms with Crippen molar-refractivity contribution in [3.05, 3.63) is 0 Å². The molecule has 2 saturated carbocycles. The fourth-order valence-electron chi connectivity index (χ4n) is 3.99. The van der Waals surface area contributed by atoms with Gasteiger partial charge in [0.1, 0.15) is 0 Å². The van der Waals surface area contributed by atoms with Gasteiger partial charge in [0.2, 0.25) is 0 Å². The Hall–Kier alpha value is -0.0800. The van der Waals surface area contributed by atoms with Gasteiger partial charge < -0.3 is 10.2 Å². The summed E-state index contributed by atoms with van der Waals surface area (Å²) < 4.78 is 0. The van der Waals surface area contributed by atoms with Crippen LogP contribution >= 0.6 is 0 Å². The maximum Gasteiger partial charge on any atom is 0.00472 e. The van der Waals surface area contributed by atoms with E-state index in [-0.39, 0.29) is 0 Å². The molecule has 2 atom stereocenters. The van der Waals surface area contributed by atoms with Crippen LogP contribution in [0.2, 0.25) is 0 Å². The molecule has 2 rings (SSSR count). The van der Waals surface area contributed by atoms with Crippen molar-refractivity contribution < 1.29 is 0 Å². The minimum Gasteiger partial charge on any atom is -0.316 e. The molecular weight excluding hydrogens is 244 g/mol. The molecule has 2 nitrogen and oxygen atoms in total. The lowest BCUT2D eigenvalue weighted by Gasteiger charge is -2.42. The van der Waals surface area contributed by atoms with Crippen LogP contribution in [0.4, 0.5) is 0 Å². The van der Waals surface area contributed by atoms with Gasteiger partial charge in [0.25, 0.3) is 0 Å². The summed E-state index contributed by atoms with van der Waals surface area (Å²) >= 11 is 0. The zero-order valence-corrected chi connectivity index (χ0v) is 14.3. The summed E-state index contributed by atoms with van der Waals surface area (Å²) in [6.07, 6.45) is 8.43. The predicted octanol–water partition coefficient (Wildman–Crippen LogP) is 3.77. The smallest absolute Gasteiger partial charge is 0.00472 e. The normalized spacial score (nSPS) is 37.4. The van der Waals surface area contributed by atoms with Crippen LogP contribution in [-0.4, -0.2) is 38.1 Å². The largest absolute Gasteiger partial charge is 0.316 e. The first-order valence-corrected chi connectivity index (χ1v) is 8.94. The summed E-state index contributed by atoms with van der Waals surface area (Å²) in [6.45, 7) is 12.1. The van der Waals surface area contributed by atoms with E-state index in [1.54, 1.807) is 0 Å². The van der Waals surface area contributed by atoms with Crippen molar-refractivity contribution in [2.45, 2.75) is 59.3 Å². The molecule has 0 radical (unpaired) electrons. The Bertz CT molecular complexity index is 281. The molecule has 0 amide bonds. The molecule has 118 valence electrons. The first-order chi connectivity index (χ1) is 9.54. The lowest BCUT2D eigenvalue weighted by molar-refractivity contribution is 0.0964. The summed E-state index contributed by atoms with van der Waals surface area (Å²) in [6, 6.07) is 0. The third-order valence-electron chi connectivity index (χ3n) is 5.69. The monoisotopic (exact) mass is 280 g/mol. The average molecular weight is 281 g/mol. The fourth-order valence-corrected chi connectivity index (χ4v) is 3.99. The van der Waals surface area contributed by atoms with E-state index in [0.717, 1.165) is 17.8 Å². The van der Waals surface area contributed by atoms with Crippen LogP contribution in [0.25, 0.3) is 0 Å². The van der Waals surface area contributed by atoms with Crippen molar-refractivity contribution in [3.63, 3.8) is 0 Å². The second-order valence-electron chi connectivity index (χ2n) is 8.03. The van der Waals surface area contributed by atoms with Gasteiger partial charge in [-0.15, -0.1) is 0 Å². The quantitative estimate of drug-likeness (QED) is 0.681. The van der Waals surface area contributed by atoms with E-state index < -0.39 is 0 Å². The first kappa shape index (κ1) is 16.3. The topological polar surface area (TPSA) is 15.3 Å². The molecule has 2 aliphatic rings. The molecule has 2 aliphatic carbocycles. The predicted molar refractivity (Wildman–Crippen MR) is 88.0 cm³/mol. The van der Waals surface area contributed by atoms with E-state index in [2.05, 4.69) is 38.0 Å². The highest BCUT2D eigenvalue weighted by Crippen LogP contribution is 2.41. The summed E-state index contributed by atoms with van der Waals surface area (Å²) in [4.78, 5) is 2.64. The Labute approximate surface area is 126 Å². The van der Waals surface area contributed by atoms with E-state index in [1.165, 1.54) is 64.7 Å². The zero-order chi connectivity index (χ0) is 14.6. The first-order valence-electron chi connectivity index (χ1n) is 8.94. The van der Waals surface area contributed by atoms with Crippen molar-refractivity contribution in [1.29, 1.82) is 0 Å². The van der Waals surface area contributed by atoms with Gasteiger partial charge in [-0.1, -0.05) is 33.6 Å². The van der Waals surface area contributed by atoms with Crippen molar-refractivity contribution in [3.8, 4) is 0 Å². The maximum absolute atomic E-state index is 3.72. The van der Waals surface area contributed by atoms with Gasteiger partial charge in [0.15, 0.2) is 0 Å². The Morgan fingerprint density at radius 2 is 1.85 bits per heavy atom. The minimum absolute atomic E-state index is 0.550. The van der Waals surface area contributed by atoms with E-state index >= 15 is 0 Å². The van der Waals surface area contributed by atoms with Gasteiger partial charge in [-0.3, -0.25) is 0 Å². The fraction of sp³-hybridized carbons (Fsp3) is 1.00. The number of nitrogens with one attached hydrogen (secondary N) is 1. The number of hydrogen-bond donors (Lipinski definition) is 1. The molecule has 0 heterocycles. The van der Waals surface area contributed by atoms with Crippen molar-refractivity contribution in [2.24, 2.45) is 23.2 Å². The molecule has 0 bridgehead atoms. The summed E-state index contributed by atoms with van der Waals surface area (Å²) in [5.41, 5.74) is 0.550. The van der Waals surface area contributed by atoms with Crippen LogP contribution in [0, 0.1) is 23.2 Å². The maximum atomic E-state index is 3.72. The number of rotatable bonds is 8. The van der Waals surface area contributed by atoms with Crippen LogP contribution in [-0.2, 0) is 0 Å². The van der Waals surface area contributed by atoms with Crippen LogP contribution in [0.1, 0.15) is 59.3 Å². The van der Waals surface area contributed by atoms with Gasteiger partial charge in [-0.2, -0.15) is 0 Å². The lowest BCUT2D eigenvalue weighted by Crippen LogP contribution is -2.45. The molecule has 0 saturated heterocycles. The summed E-state index contributed by atoms with van der Waals surface area (Å²) in [7, 11) is 2.35.